The molecule has 0 radical (unpaired) electrons. The number of allylic oxidation sites excluding steroid dienone is 1. The molecule has 0 atom stereocenters. The highest BCUT2D eigenvalue weighted by Gasteiger charge is 1.91. The fourth-order valence-electron chi connectivity index (χ4n) is 0.510. The van der Waals surface area contributed by atoms with Gasteiger partial charge in [-0.2, -0.15) is 5.10 Å². The van der Waals surface area contributed by atoms with E-state index in [1.54, 1.807) is 10.9 Å². The number of nitrogens with zero attached hydrogens (tertiary/aromatic N) is 2. The largest absolute Gasteiger partial charge is 0.245 e. The second kappa shape index (κ2) is 2.35. The first-order valence-corrected chi connectivity index (χ1v) is 3.35. The molecule has 0 aliphatic rings. The highest BCUT2D eigenvalue weighted by Crippen LogP contribution is 2.08. The minimum absolute atomic E-state index is 0.917. The third kappa shape index (κ3) is 1.42. The Balaban J connectivity index is 2.98. The molecule has 3 heteroatoms. The van der Waals surface area contributed by atoms with Gasteiger partial charge in [0.2, 0.25) is 0 Å². The van der Waals surface area contributed by atoms with E-state index in [-0.39, 0.29) is 0 Å². The van der Waals surface area contributed by atoms with Crippen LogP contribution in [0.15, 0.2) is 23.4 Å². The first kappa shape index (κ1) is 6.55. The van der Waals surface area contributed by atoms with Crippen LogP contribution in [0.1, 0.15) is 6.92 Å². The van der Waals surface area contributed by atoms with Crippen molar-refractivity contribution >= 4 is 21.6 Å². The Kier molecular flexibility index (Phi) is 1.71. The van der Waals surface area contributed by atoms with Crippen molar-refractivity contribution in [3.8, 4) is 0 Å². The van der Waals surface area contributed by atoms with E-state index in [4.69, 9.17) is 0 Å². The Hall–Kier alpha value is -0.570. The van der Waals surface area contributed by atoms with Gasteiger partial charge in [0.1, 0.15) is 0 Å². The Morgan fingerprint density at radius 1 is 1.89 bits per heavy atom. The van der Waals surface area contributed by atoms with Gasteiger partial charge in [-0.1, -0.05) is 6.58 Å². The lowest BCUT2D eigenvalue weighted by Gasteiger charge is -1.93. The van der Waals surface area contributed by atoms with Gasteiger partial charge >= 0.3 is 0 Å². The molecule has 1 rings (SSSR count). The summed E-state index contributed by atoms with van der Waals surface area (Å²) < 4.78 is 2.69. The number of hydrogen-bond acceptors (Lipinski definition) is 1. The molecule has 1 heterocycles. The molecule has 0 saturated heterocycles. The van der Waals surface area contributed by atoms with E-state index in [1.165, 1.54) is 0 Å². The third-order valence-electron chi connectivity index (χ3n) is 0.942. The maximum atomic E-state index is 3.99. The van der Waals surface area contributed by atoms with Crippen LogP contribution < -0.4 is 0 Å². The van der Waals surface area contributed by atoms with E-state index in [0.29, 0.717) is 0 Å². The lowest BCUT2D eigenvalue weighted by molar-refractivity contribution is 0.898. The molecule has 48 valence electrons. The standard InChI is InChI=1S/C6H7BrN2/c1-5(2)9-4-6(7)3-8-9/h3-4H,1H2,2H3. The van der Waals surface area contributed by atoms with Crippen molar-refractivity contribution in [1.82, 2.24) is 9.78 Å². The number of halogens is 1. The molecule has 9 heavy (non-hydrogen) atoms. The van der Waals surface area contributed by atoms with Gasteiger partial charge in [0.15, 0.2) is 0 Å². The summed E-state index contributed by atoms with van der Waals surface area (Å²) >= 11 is 3.28. The van der Waals surface area contributed by atoms with E-state index in [9.17, 15) is 0 Å². The van der Waals surface area contributed by atoms with Gasteiger partial charge in [0, 0.05) is 11.9 Å². The SMILES string of the molecule is C=C(C)n1cc(Br)cn1. The summed E-state index contributed by atoms with van der Waals surface area (Å²) in [5, 5.41) is 3.99. The fraction of sp³-hybridized carbons (Fsp3) is 0.167. The molecule has 0 bridgehead atoms. The summed E-state index contributed by atoms with van der Waals surface area (Å²) in [6, 6.07) is 0. The molecular weight excluding hydrogens is 180 g/mol. The Bertz CT molecular complexity index is 227. The van der Waals surface area contributed by atoms with E-state index in [0.717, 1.165) is 10.2 Å². The molecular formula is C6H7BrN2. The molecule has 0 fully saturated rings. The van der Waals surface area contributed by atoms with Crippen molar-refractivity contribution in [1.29, 1.82) is 0 Å². The third-order valence-corrected chi connectivity index (χ3v) is 1.35. The number of rotatable bonds is 1. The molecule has 1 aromatic heterocycles. The summed E-state index contributed by atoms with van der Waals surface area (Å²) in [5.41, 5.74) is 0.917. The van der Waals surface area contributed by atoms with E-state index < -0.39 is 0 Å². The minimum Gasteiger partial charge on any atom is -0.245 e. The summed E-state index contributed by atoms with van der Waals surface area (Å²) in [6.07, 6.45) is 3.59. The van der Waals surface area contributed by atoms with Crippen LogP contribution in [0.25, 0.3) is 5.70 Å². The molecule has 0 N–H and O–H groups in total. The normalized spacial score (nSPS) is 9.56. The first-order valence-electron chi connectivity index (χ1n) is 2.56. The molecule has 2 nitrogen and oxygen atoms in total. The summed E-state index contributed by atoms with van der Waals surface area (Å²) in [5.74, 6) is 0. The number of aromatic nitrogens is 2. The average molecular weight is 187 g/mol. The maximum absolute atomic E-state index is 3.99. The monoisotopic (exact) mass is 186 g/mol. The van der Waals surface area contributed by atoms with Crippen LogP contribution in [-0.4, -0.2) is 9.78 Å². The highest BCUT2D eigenvalue weighted by atomic mass is 79.9. The molecule has 0 saturated carbocycles. The van der Waals surface area contributed by atoms with Crippen molar-refractivity contribution in [2.45, 2.75) is 6.92 Å². The molecule has 0 amide bonds. The molecule has 1 aromatic rings. The van der Waals surface area contributed by atoms with Crippen LogP contribution in [0.2, 0.25) is 0 Å². The Morgan fingerprint density at radius 3 is 2.78 bits per heavy atom. The zero-order valence-corrected chi connectivity index (χ0v) is 6.72. The first-order chi connectivity index (χ1) is 4.20. The van der Waals surface area contributed by atoms with Gasteiger partial charge in [0.05, 0.1) is 10.7 Å². The lowest BCUT2D eigenvalue weighted by atomic mass is 10.6. The second-order valence-electron chi connectivity index (χ2n) is 1.84. The van der Waals surface area contributed by atoms with Crippen molar-refractivity contribution in [2.75, 3.05) is 0 Å². The second-order valence-corrected chi connectivity index (χ2v) is 2.75. The van der Waals surface area contributed by atoms with Gasteiger partial charge in [-0.3, -0.25) is 0 Å². The molecule has 0 aromatic carbocycles. The maximum Gasteiger partial charge on any atom is 0.0636 e. The van der Waals surface area contributed by atoms with E-state index in [1.807, 2.05) is 13.1 Å². The van der Waals surface area contributed by atoms with Gasteiger partial charge < -0.3 is 0 Å². The Labute approximate surface area is 62.3 Å². The minimum atomic E-state index is 0.917. The van der Waals surface area contributed by atoms with Crippen molar-refractivity contribution in [2.24, 2.45) is 0 Å². The molecule has 0 aliphatic carbocycles. The van der Waals surface area contributed by atoms with Gasteiger partial charge in [-0.05, 0) is 22.9 Å². The summed E-state index contributed by atoms with van der Waals surface area (Å²) in [4.78, 5) is 0. The van der Waals surface area contributed by atoms with Gasteiger partial charge in [-0.25, -0.2) is 4.68 Å². The van der Waals surface area contributed by atoms with Crippen LogP contribution in [-0.2, 0) is 0 Å². The molecule has 0 spiro atoms. The van der Waals surface area contributed by atoms with Gasteiger partial charge in [0.25, 0.3) is 0 Å². The van der Waals surface area contributed by atoms with Crippen LogP contribution in [0.3, 0.4) is 0 Å². The molecule has 0 aliphatic heterocycles. The summed E-state index contributed by atoms with van der Waals surface area (Å²) in [7, 11) is 0. The average Bonchev–Trinajstić information content (AvgIpc) is 2.14. The van der Waals surface area contributed by atoms with Crippen molar-refractivity contribution < 1.29 is 0 Å². The smallest absolute Gasteiger partial charge is 0.0636 e. The van der Waals surface area contributed by atoms with E-state index in [2.05, 4.69) is 27.6 Å². The lowest BCUT2D eigenvalue weighted by Crippen LogP contribution is -1.90. The quantitative estimate of drug-likeness (QED) is 0.658. The fourth-order valence-corrected chi connectivity index (χ4v) is 0.795. The van der Waals surface area contributed by atoms with Crippen LogP contribution in [0.4, 0.5) is 0 Å². The Morgan fingerprint density at radius 2 is 2.56 bits per heavy atom. The number of hydrogen-bond donors (Lipinski definition) is 0. The predicted molar refractivity (Wildman–Crippen MR) is 40.9 cm³/mol. The van der Waals surface area contributed by atoms with E-state index >= 15 is 0 Å². The van der Waals surface area contributed by atoms with Crippen molar-refractivity contribution in [3.63, 3.8) is 0 Å². The predicted octanol–water partition coefficient (Wildman–Crippen LogP) is 2.14. The van der Waals surface area contributed by atoms with Crippen LogP contribution >= 0.6 is 15.9 Å². The van der Waals surface area contributed by atoms with Gasteiger partial charge in [-0.15, -0.1) is 0 Å². The van der Waals surface area contributed by atoms with Crippen LogP contribution in [0, 0.1) is 0 Å². The summed E-state index contributed by atoms with van der Waals surface area (Å²) in [6.45, 7) is 5.62. The zero-order valence-electron chi connectivity index (χ0n) is 5.13. The highest BCUT2D eigenvalue weighted by molar-refractivity contribution is 9.10. The molecule has 0 unspecified atom stereocenters. The van der Waals surface area contributed by atoms with Crippen LogP contribution in [0.5, 0.6) is 0 Å². The van der Waals surface area contributed by atoms with Crippen molar-refractivity contribution in [3.05, 3.63) is 23.4 Å². The zero-order chi connectivity index (χ0) is 6.85. The topological polar surface area (TPSA) is 17.8 Å².